The van der Waals surface area contributed by atoms with Gasteiger partial charge in [-0.3, -0.25) is 9.69 Å². The van der Waals surface area contributed by atoms with Gasteiger partial charge in [0.25, 0.3) is 0 Å². The van der Waals surface area contributed by atoms with Crippen LogP contribution in [-0.2, 0) is 4.79 Å². The minimum Gasteiger partial charge on any atom is -0.481 e. The zero-order valence-corrected chi connectivity index (χ0v) is 9.88. The number of carboxylic acids is 1. The Balaban J connectivity index is 2.92. The number of hydrogen-bond acceptors (Lipinski definition) is 2. The lowest BCUT2D eigenvalue weighted by atomic mass is 9.97. The Labute approximate surface area is 99.8 Å². The fraction of sp³-hybridized carbons (Fsp3) is 0.333. The molecule has 1 unspecified atom stereocenters. The number of carboxylic acid groups (broad SMARTS) is 1. The first kappa shape index (κ1) is 13.0. The molecule has 1 rings (SSSR count). The van der Waals surface area contributed by atoms with E-state index in [0.29, 0.717) is 5.69 Å². The monoisotopic (exact) mass is 236 g/mol. The second-order valence-electron chi connectivity index (χ2n) is 3.99. The zero-order chi connectivity index (χ0) is 13.0. The highest BCUT2D eigenvalue weighted by molar-refractivity contribution is 5.90. The lowest BCUT2D eigenvalue weighted by Gasteiger charge is -2.17. The maximum absolute atomic E-state index is 11.0. The van der Waals surface area contributed by atoms with E-state index in [-0.39, 0.29) is 12.3 Å². The number of anilines is 1. The molecule has 0 aliphatic rings. The van der Waals surface area contributed by atoms with Crippen molar-refractivity contribution in [3.8, 4) is 0 Å². The first-order chi connectivity index (χ1) is 7.91. The van der Waals surface area contributed by atoms with Crippen molar-refractivity contribution in [2.24, 2.45) is 5.73 Å². The molecule has 0 heterocycles. The van der Waals surface area contributed by atoms with Crippen molar-refractivity contribution in [3.05, 3.63) is 29.8 Å². The summed E-state index contributed by atoms with van der Waals surface area (Å²) in [5.41, 5.74) is 6.70. The first-order valence-electron chi connectivity index (χ1n) is 5.26. The van der Waals surface area contributed by atoms with Gasteiger partial charge in [-0.2, -0.15) is 0 Å². The predicted molar refractivity (Wildman–Crippen MR) is 65.1 cm³/mol. The van der Waals surface area contributed by atoms with E-state index < -0.39 is 12.0 Å². The number of hydrogen-bond donors (Lipinski definition) is 2. The molecule has 17 heavy (non-hydrogen) atoms. The summed E-state index contributed by atoms with van der Waals surface area (Å²) in [6.07, 6.45) is 0.0593. The Morgan fingerprint density at radius 3 is 2.65 bits per heavy atom. The molecule has 5 nitrogen and oxygen atoms in total. The molecule has 1 aromatic rings. The number of nitrogens with zero attached hydrogens (tertiary/aromatic N) is 1. The van der Waals surface area contributed by atoms with Gasteiger partial charge in [-0.1, -0.05) is 19.1 Å². The van der Waals surface area contributed by atoms with Crippen molar-refractivity contribution < 1.29 is 14.7 Å². The summed E-state index contributed by atoms with van der Waals surface area (Å²) in [5.74, 6) is -0.945. The van der Waals surface area contributed by atoms with Crippen molar-refractivity contribution in [2.45, 2.75) is 19.3 Å². The third-order valence-corrected chi connectivity index (χ3v) is 2.64. The molecular formula is C12H16N2O3. The summed E-state index contributed by atoms with van der Waals surface area (Å²) in [4.78, 5) is 23.0. The van der Waals surface area contributed by atoms with Crippen LogP contribution in [0.5, 0.6) is 0 Å². The van der Waals surface area contributed by atoms with Gasteiger partial charge in [-0.25, -0.2) is 4.79 Å². The van der Waals surface area contributed by atoms with Crippen LogP contribution < -0.4 is 10.6 Å². The highest BCUT2D eigenvalue weighted by Gasteiger charge is 2.12. The van der Waals surface area contributed by atoms with E-state index in [9.17, 15) is 9.59 Å². The molecule has 0 aliphatic carbocycles. The van der Waals surface area contributed by atoms with Crippen molar-refractivity contribution in [2.75, 3.05) is 11.9 Å². The Morgan fingerprint density at radius 2 is 2.12 bits per heavy atom. The van der Waals surface area contributed by atoms with E-state index in [1.165, 1.54) is 4.90 Å². The third-order valence-electron chi connectivity index (χ3n) is 2.64. The van der Waals surface area contributed by atoms with Crippen molar-refractivity contribution >= 4 is 17.7 Å². The Bertz CT molecular complexity index is 432. The van der Waals surface area contributed by atoms with E-state index >= 15 is 0 Å². The summed E-state index contributed by atoms with van der Waals surface area (Å²) in [6.45, 7) is 1.83. The summed E-state index contributed by atoms with van der Waals surface area (Å²) < 4.78 is 0. The summed E-state index contributed by atoms with van der Waals surface area (Å²) in [6, 6.07) is 6.60. The number of urea groups is 1. The number of amides is 2. The topological polar surface area (TPSA) is 83.6 Å². The molecule has 5 heteroatoms. The quantitative estimate of drug-likeness (QED) is 0.835. The molecule has 2 amide bonds. The highest BCUT2D eigenvalue weighted by atomic mass is 16.4. The van der Waals surface area contributed by atoms with Gasteiger partial charge in [-0.15, -0.1) is 0 Å². The fourth-order valence-electron chi connectivity index (χ4n) is 1.55. The average Bonchev–Trinajstić information content (AvgIpc) is 2.27. The van der Waals surface area contributed by atoms with Crippen molar-refractivity contribution in [1.82, 2.24) is 0 Å². The lowest BCUT2D eigenvalue weighted by Crippen LogP contribution is -2.31. The van der Waals surface area contributed by atoms with Gasteiger partial charge in [0.1, 0.15) is 0 Å². The molecule has 0 saturated carbocycles. The van der Waals surface area contributed by atoms with E-state index in [2.05, 4.69) is 0 Å². The molecule has 1 aromatic carbocycles. The lowest BCUT2D eigenvalue weighted by molar-refractivity contribution is -0.137. The number of carbonyl (C=O) groups is 2. The Hall–Kier alpha value is -2.04. The van der Waals surface area contributed by atoms with Crippen LogP contribution in [-0.4, -0.2) is 24.2 Å². The summed E-state index contributed by atoms with van der Waals surface area (Å²) in [7, 11) is 1.57. The largest absolute Gasteiger partial charge is 0.481 e. The highest BCUT2D eigenvalue weighted by Crippen LogP contribution is 2.23. The maximum Gasteiger partial charge on any atom is 0.318 e. The van der Waals surface area contributed by atoms with Gasteiger partial charge < -0.3 is 10.8 Å². The molecular weight excluding hydrogens is 220 g/mol. The minimum atomic E-state index is -0.842. The molecule has 92 valence electrons. The van der Waals surface area contributed by atoms with Crippen LogP contribution >= 0.6 is 0 Å². The van der Waals surface area contributed by atoms with Crippen molar-refractivity contribution in [3.63, 3.8) is 0 Å². The summed E-state index contributed by atoms with van der Waals surface area (Å²) >= 11 is 0. The van der Waals surface area contributed by atoms with Crippen LogP contribution in [0.4, 0.5) is 10.5 Å². The molecule has 1 atom stereocenters. The minimum absolute atomic E-state index is 0.0593. The number of rotatable bonds is 4. The number of benzene rings is 1. The van der Waals surface area contributed by atoms with Crippen LogP contribution in [0.25, 0.3) is 0 Å². The standard InChI is InChI=1S/C12H16N2O3/c1-8(6-11(15)16)9-4-3-5-10(7-9)14(2)12(13)17/h3-5,7-8H,6H2,1-2H3,(H2,13,17)(H,15,16). The Kier molecular flexibility index (Phi) is 4.09. The molecule has 0 saturated heterocycles. The van der Waals surface area contributed by atoms with Crippen molar-refractivity contribution in [1.29, 1.82) is 0 Å². The van der Waals surface area contributed by atoms with Gasteiger partial charge in [0.05, 0.1) is 6.42 Å². The number of nitrogens with two attached hydrogens (primary N) is 1. The van der Waals surface area contributed by atoms with E-state index in [4.69, 9.17) is 10.8 Å². The SMILES string of the molecule is CC(CC(=O)O)c1cccc(N(C)C(N)=O)c1. The second-order valence-corrected chi connectivity index (χ2v) is 3.99. The first-order valence-corrected chi connectivity index (χ1v) is 5.26. The predicted octanol–water partition coefficient (Wildman–Crippen LogP) is 1.78. The molecule has 0 aliphatic heterocycles. The van der Waals surface area contributed by atoms with E-state index in [0.717, 1.165) is 5.56 Å². The van der Waals surface area contributed by atoms with Crippen LogP contribution in [0.3, 0.4) is 0 Å². The summed E-state index contributed by atoms with van der Waals surface area (Å²) in [5, 5.41) is 8.73. The molecule has 3 N–H and O–H groups in total. The van der Waals surface area contributed by atoms with Crippen LogP contribution in [0.2, 0.25) is 0 Å². The number of aliphatic carboxylic acids is 1. The molecule has 0 radical (unpaired) electrons. The van der Waals surface area contributed by atoms with Crippen LogP contribution in [0, 0.1) is 0 Å². The average molecular weight is 236 g/mol. The van der Waals surface area contributed by atoms with Gasteiger partial charge >= 0.3 is 12.0 Å². The molecule has 0 fully saturated rings. The second kappa shape index (κ2) is 5.34. The van der Waals surface area contributed by atoms with Gasteiger partial charge in [-0.05, 0) is 23.6 Å². The number of primary amides is 1. The smallest absolute Gasteiger partial charge is 0.318 e. The van der Waals surface area contributed by atoms with E-state index in [1.54, 1.807) is 25.2 Å². The van der Waals surface area contributed by atoms with Gasteiger partial charge in [0.15, 0.2) is 0 Å². The Morgan fingerprint density at radius 1 is 1.47 bits per heavy atom. The van der Waals surface area contributed by atoms with Crippen LogP contribution in [0.1, 0.15) is 24.8 Å². The molecule has 0 bridgehead atoms. The number of carbonyl (C=O) groups excluding carboxylic acids is 1. The van der Waals surface area contributed by atoms with Gasteiger partial charge in [0.2, 0.25) is 0 Å². The zero-order valence-electron chi connectivity index (χ0n) is 9.88. The van der Waals surface area contributed by atoms with E-state index in [1.807, 2.05) is 13.0 Å². The third kappa shape index (κ3) is 3.48. The maximum atomic E-state index is 11.0. The fourth-order valence-corrected chi connectivity index (χ4v) is 1.55. The van der Waals surface area contributed by atoms with Crippen LogP contribution in [0.15, 0.2) is 24.3 Å². The van der Waals surface area contributed by atoms with Gasteiger partial charge in [0, 0.05) is 12.7 Å². The normalized spacial score (nSPS) is 11.9. The molecule has 0 spiro atoms. The molecule has 0 aromatic heterocycles.